The third kappa shape index (κ3) is 1.95. The maximum Gasteiger partial charge on any atom is 0.199 e. The second-order valence-corrected chi connectivity index (χ2v) is 4.61. The second-order valence-electron chi connectivity index (χ2n) is 4.61. The lowest BCUT2D eigenvalue weighted by Crippen LogP contribution is -2.05. The molecule has 0 unspecified atom stereocenters. The van der Waals surface area contributed by atoms with Gasteiger partial charge in [-0.3, -0.25) is 0 Å². The number of aromatic nitrogens is 7. The highest BCUT2D eigenvalue weighted by atomic mass is 16.6. The summed E-state index contributed by atoms with van der Waals surface area (Å²) in [6, 6.07) is 3.69. The minimum absolute atomic E-state index is 0.181. The molecule has 0 fully saturated rings. The van der Waals surface area contributed by atoms with Gasteiger partial charge >= 0.3 is 0 Å². The van der Waals surface area contributed by atoms with Gasteiger partial charge in [-0.2, -0.15) is 0 Å². The molecule has 0 saturated carbocycles. The number of rotatable bonds is 3. The van der Waals surface area contributed by atoms with Crippen LogP contribution in [0.25, 0.3) is 22.7 Å². The molecular weight excluding hydrogens is 284 g/mol. The Bertz CT molecular complexity index is 930. The molecule has 0 saturated heterocycles. The van der Waals surface area contributed by atoms with Crippen molar-refractivity contribution in [2.24, 2.45) is 0 Å². The summed E-state index contributed by atoms with van der Waals surface area (Å²) in [7, 11) is 0. The van der Waals surface area contributed by atoms with Gasteiger partial charge in [-0.15, -0.1) is 0 Å². The SMILES string of the molecule is Nc1nonc1-c1nc2cccnc2n1Cc1cncnc1. The fourth-order valence-electron chi connectivity index (χ4n) is 2.23. The molecule has 0 aliphatic rings. The van der Waals surface area contributed by atoms with Crippen LogP contribution >= 0.6 is 0 Å². The van der Waals surface area contributed by atoms with Gasteiger partial charge in [0.2, 0.25) is 0 Å². The van der Waals surface area contributed by atoms with Gasteiger partial charge < -0.3 is 10.3 Å². The molecule has 4 rings (SSSR count). The van der Waals surface area contributed by atoms with Crippen LogP contribution in [-0.2, 0) is 6.54 Å². The van der Waals surface area contributed by atoms with Crippen molar-refractivity contribution in [3.63, 3.8) is 0 Å². The van der Waals surface area contributed by atoms with E-state index >= 15 is 0 Å². The summed E-state index contributed by atoms with van der Waals surface area (Å²) >= 11 is 0. The number of anilines is 1. The molecule has 0 bridgehead atoms. The number of hydrogen-bond acceptors (Lipinski definition) is 8. The normalized spacial score (nSPS) is 11.1. The van der Waals surface area contributed by atoms with Crippen molar-refractivity contribution < 1.29 is 4.63 Å². The zero-order chi connectivity index (χ0) is 14.9. The van der Waals surface area contributed by atoms with Crippen LogP contribution in [-0.4, -0.2) is 34.8 Å². The zero-order valence-electron chi connectivity index (χ0n) is 11.3. The molecule has 2 N–H and O–H groups in total. The quantitative estimate of drug-likeness (QED) is 0.591. The fraction of sp³-hybridized carbons (Fsp3) is 0.0769. The first-order valence-electron chi connectivity index (χ1n) is 6.46. The van der Waals surface area contributed by atoms with Gasteiger partial charge in [0.1, 0.15) is 11.8 Å². The van der Waals surface area contributed by atoms with Crippen molar-refractivity contribution in [2.45, 2.75) is 6.54 Å². The van der Waals surface area contributed by atoms with Gasteiger partial charge in [0, 0.05) is 24.2 Å². The Morgan fingerprint density at radius 1 is 1.18 bits per heavy atom. The van der Waals surface area contributed by atoms with E-state index in [1.165, 1.54) is 6.33 Å². The number of imidazole rings is 1. The van der Waals surface area contributed by atoms with Crippen molar-refractivity contribution >= 4 is 17.0 Å². The van der Waals surface area contributed by atoms with E-state index in [-0.39, 0.29) is 5.82 Å². The van der Waals surface area contributed by atoms with Crippen LogP contribution in [0.3, 0.4) is 0 Å². The summed E-state index contributed by atoms with van der Waals surface area (Å²) in [6.45, 7) is 0.482. The van der Waals surface area contributed by atoms with Crippen molar-refractivity contribution in [3.05, 3.63) is 42.6 Å². The molecule has 9 heteroatoms. The first-order valence-corrected chi connectivity index (χ1v) is 6.46. The smallest absolute Gasteiger partial charge is 0.199 e. The Balaban J connectivity index is 1.93. The van der Waals surface area contributed by atoms with Crippen LogP contribution in [0.4, 0.5) is 5.82 Å². The predicted octanol–water partition coefficient (Wildman–Crippen LogP) is 0.902. The van der Waals surface area contributed by atoms with Gasteiger partial charge in [0.05, 0.1) is 6.54 Å². The summed E-state index contributed by atoms with van der Waals surface area (Å²) in [6.07, 6.45) is 6.65. The fourth-order valence-corrected chi connectivity index (χ4v) is 2.23. The van der Waals surface area contributed by atoms with E-state index in [0.29, 0.717) is 23.7 Å². The molecule has 0 aliphatic heterocycles. The Morgan fingerprint density at radius 3 is 2.82 bits per heavy atom. The Labute approximate surface area is 123 Å². The Morgan fingerprint density at radius 2 is 2.05 bits per heavy atom. The van der Waals surface area contributed by atoms with Crippen molar-refractivity contribution in [1.29, 1.82) is 0 Å². The van der Waals surface area contributed by atoms with Gasteiger partial charge in [-0.05, 0) is 22.4 Å². The summed E-state index contributed by atoms with van der Waals surface area (Å²) in [5.41, 5.74) is 8.53. The van der Waals surface area contributed by atoms with Crippen LogP contribution in [0, 0.1) is 0 Å². The number of pyridine rings is 1. The number of hydrogen-bond donors (Lipinski definition) is 1. The van der Waals surface area contributed by atoms with Crippen LogP contribution in [0.5, 0.6) is 0 Å². The molecule has 0 radical (unpaired) electrons. The average molecular weight is 294 g/mol. The van der Waals surface area contributed by atoms with Crippen LogP contribution in [0.1, 0.15) is 5.56 Å². The highest BCUT2D eigenvalue weighted by Gasteiger charge is 2.19. The molecule has 108 valence electrons. The summed E-state index contributed by atoms with van der Waals surface area (Å²) < 4.78 is 6.56. The molecule has 0 spiro atoms. The Hall–Kier alpha value is -3.36. The lowest BCUT2D eigenvalue weighted by molar-refractivity contribution is 0.310. The molecule has 4 heterocycles. The lowest BCUT2D eigenvalue weighted by atomic mass is 10.3. The lowest BCUT2D eigenvalue weighted by Gasteiger charge is -2.06. The molecule has 0 atom stereocenters. The van der Waals surface area contributed by atoms with Gasteiger partial charge in [0.15, 0.2) is 23.0 Å². The monoisotopic (exact) mass is 294 g/mol. The zero-order valence-corrected chi connectivity index (χ0v) is 11.3. The first kappa shape index (κ1) is 12.4. The van der Waals surface area contributed by atoms with Crippen molar-refractivity contribution in [1.82, 2.24) is 34.8 Å². The molecule has 0 aliphatic carbocycles. The van der Waals surface area contributed by atoms with Crippen LogP contribution < -0.4 is 5.73 Å². The highest BCUT2D eigenvalue weighted by Crippen LogP contribution is 2.26. The average Bonchev–Trinajstić information content (AvgIpc) is 3.12. The van der Waals surface area contributed by atoms with Gasteiger partial charge in [-0.25, -0.2) is 24.6 Å². The standard InChI is InChI=1S/C13H10N8O/c14-11-10(19-22-20-11)13-18-9-2-1-3-17-12(9)21(13)6-8-4-15-7-16-5-8/h1-5,7H,6H2,(H2,14,20). The van der Waals surface area contributed by atoms with E-state index in [1.807, 2.05) is 16.7 Å². The number of fused-ring (bicyclic) bond motifs is 1. The number of nitrogen functional groups attached to an aromatic ring is 1. The molecule has 9 nitrogen and oxygen atoms in total. The van der Waals surface area contributed by atoms with Gasteiger partial charge in [0.25, 0.3) is 0 Å². The minimum atomic E-state index is 0.181. The van der Waals surface area contributed by atoms with E-state index < -0.39 is 0 Å². The second kappa shape index (κ2) is 4.88. The molecular formula is C13H10N8O. The van der Waals surface area contributed by atoms with Crippen molar-refractivity contribution in [3.8, 4) is 11.5 Å². The third-order valence-corrected chi connectivity index (χ3v) is 3.18. The largest absolute Gasteiger partial charge is 0.379 e. The molecule has 4 aromatic heterocycles. The van der Waals surface area contributed by atoms with E-state index in [2.05, 4.69) is 34.9 Å². The maximum absolute atomic E-state index is 5.79. The summed E-state index contributed by atoms with van der Waals surface area (Å²) in [5, 5.41) is 7.43. The predicted molar refractivity (Wildman–Crippen MR) is 76.4 cm³/mol. The molecule has 0 aromatic carbocycles. The van der Waals surface area contributed by atoms with Crippen LogP contribution in [0.15, 0.2) is 41.7 Å². The maximum atomic E-state index is 5.79. The van der Waals surface area contributed by atoms with E-state index in [0.717, 1.165) is 11.1 Å². The third-order valence-electron chi connectivity index (χ3n) is 3.18. The van der Waals surface area contributed by atoms with E-state index in [1.54, 1.807) is 18.6 Å². The van der Waals surface area contributed by atoms with E-state index in [9.17, 15) is 0 Å². The van der Waals surface area contributed by atoms with Crippen molar-refractivity contribution in [2.75, 3.05) is 5.73 Å². The minimum Gasteiger partial charge on any atom is -0.379 e. The first-order chi connectivity index (χ1) is 10.8. The summed E-state index contributed by atoms with van der Waals surface area (Å²) in [5.74, 6) is 0.720. The molecule has 22 heavy (non-hydrogen) atoms. The molecule has 0 amide bonds. The summed E-state index contributed by atoms with van der Waals surface area (Å²) in [4.78, 5) is 16.9. The Kier molecular flexibility index (Phi) is 2.75. The number of nitrogens with two attached hydrogens (primary N) is 1. The highest BCUT2D eigenvalue weighted by molar-refractivity contribution is 5.78. The van der Waals surface area contributed by atoms with E-state index in [4.69, 9.17) is 5.73 Å². The molecule has 4 aromatic rings. The number of nitrogens with zero attached hydrogens (tertiary/aromatic N) is 7. The van der Waals surface area contributed by atoms with Gasteiger partial charge in [-0.1, -0.05) is 0 Å². The van der Waals surface area contributed by atoms with Crippen LogP contribution in [0.2, 0.25) is 0 Å². The topological polar surface area (TPSA) is 121 Å².